The molecule has 0 aliphatic heterocycles. The Morgan fingerprint density at radius 3 is 1.07 bits per heavy atom. The highest BCUT2D eigenvalue weighted by molar-refractivity contribution is 5.90. The highest BCUT2D eigenvalue weighted by Gasteiger charge is 2.41. The second-order valence-electron chi connectivity index (χ2n) is 9.30. The van der Waals surface area contributed by atoms with Crippen LogP contribution in [-0.2, 0) is 14.2 Å². The third-order valence-corrected chi connectivity index (χ3v) is 6.47. The summed E-state index contributed by atoms with van der Waals surface area (Å²) in [5.74, 6) is -1.48. The van der Waals surface area contributed by atoms with E-state index in [-0.39, 0.29) is 63.3 Å². The van der Waals surface area contributed by atoms with Gasteiger partial charge in [-0.15, -0.1) is 0 Å². The lowest BCUT2D eigenvalue weighted by Crippen LogP contribution is -2.39. The van der Waals surface area contributed by atoms with E-state index < -0.39 is 23.4 Å². The predicted octanol–water partition coefficient (Wildman–Crippen LogP) is 5.91. The summed E-state index contributed by atoms with van der Waals surface area (Å²) in [5.41, 5.74) is -0.146. The maximum absolute atomic E-state index is 12.4. The Kier molecular flexibility index (Phi) is 11.8. The molecule has 0 heterocycles. The van der Waals surface area contributed by atoms with Gasteiger partial charge in [0.25, 0.3) is 0 Å². The van der Waals surface area contributed by atoms with Gasteiger partial charge in [0.15, 0.2) is 0 Å². The van der Waals surface area contributed by atoms with Crippen molar-refractivity contribution in [3.8, 4) is 0 Å². The molecule has 0 aromatic heterocycles. The van der Waals surface area contributed by atoms with E-state index in [9.17, 15) is 24.5 Å². The summed E-state index contributed by atoms with van der Waals surface area (Å²) in [4.78, 5) is 48.7. The lowest BCUT2D eigenvalue weighted by atomic mass is 9.84. The summed E-state index contributed by atoms with van der Waals surface area (Å²) >= 11 is 0. The Labute approximate surface area is 233 Å². The number of nitrogens with zero attached hydrogens (tertiary/aromatic N) is 1. The van der Waals surface area contributed by atoms with Crippen LogP contribution in [0.25, 0.3) is 0 Å². The van der Waals surface area contributed by atoms with Crippen LogP contribution in [0.3, 0.4) is 0 Å². The highest BCUT2D eigenvalue weighted by Crippen LogP contribution is 2.29. The third-order valence-electron chi connectivity index (χ3n) is 6.47. The molecule has 0 unspecified atom stereocenters. The number of hydrogen-bond donors (Lipinski definition) is 0. The van der Waals surface area contributed by atoms with Gasteiger partial charge in [-0.3, -0.25) is 10.1 Å². The average molecular weight is 548 g/mol. The molecule has 0 spiro atoms. The molecule has 0 fully saturated rings. The predicted molar refractivity (Wildman–Crippen MR) is 148 cm³/mol. The fourth-order valence-corrected chi connectivity index (χ4v) is 4.32. The van der Waals surface area contributed by atoms with Crippen molar-refractivity contribution in [1.29, 1.82) is 0 Å². The molecule has 0 aliphatic carbocycles. The summed E-state index contributed by atoms with van der Waals surface area (Å²) in [5, 5.41) is 12.4. The molecule has 0 saturated heterocycles. The zero-order valence-corrected chi connectivity index (χ0v) is 22.2. The van der Waals surface area contributed by atoms with Crippen LogP contribution in [0.1, 0.15) is 69.6 Å². The fourth-order valence-electron chi connectivity index (χ4n) is 4.32. The Hall–Kier alpha value is -4.53. The number of hydrogen-bond acceptors (Lipinski definition) is 8. The molecule has 0 aliphatic rings. The molecular weight excluding hydrogens is 514 g/mol. The van der Waals surface area contributed by atoms with Gasteiger partial charge in [0.1, 0.15) is 0 Å². The van der Waals surface area contributed by atoms with Crippen molar-refractivity contribution in [3.05, 3.63) is 118 Å². The Morgan fingerprint density at radius 2 is 0.825 bits per heavy atom. The quantitative estimate of drug-likeness (QED) is 0.0713. The van der Waals surface area contributed by atoms with Crippen LogP contribution in [0.4, 0.5) is 0 Å². The molecule has 9 nitrogen and oxygen atoms in total. The van der Waals surface area contributed by atoms with Gasteiger partial charge in [-0.2, -0.15) is 0 Å². The van der Waals surface area contributed by atoms with Crippen molar-refractivity contribution in [2.24, 2.45) is 0 Å². The minimum atomic E-state index is -1.36. The van der Waals surface area contributed by atoms with Gasteiger partial charge in [-0.05, 0) is 55.7 Å². The van der Waals surface area contributed by atoms with Crippen LogP contribution in [0, 0.1) is 10.1 Å². The molecule has 3 rings (SSSR count). The minimum absolute atomic E-state index is 0.0231. The van der Waals surface area contributed by atoms with Crippen molar-refractivity contribution >= 4 is 17.9 Å². The van der Waals surface area contributed by atoms with Crippen molar-refractivity contribution < 1.29 is 33.5 Å². The lowest BCUT2D eigenvalue weighted by Gasteiger charge is -2.25. The fraction of sp³-hybridized carbons (Fsp3) is 0.323. The van der Waals surface area contributed by atoms with E-state index in [2.05, 4.69) is 0 Å². The highest BCUT2D eigenvalue weighted by atomic mass is 16.6. The van der Waals surface area contributed by atoms with E-state index in [1.807, 2.05) is 0 Å². The molecule has 0 atom stereocenters. The number of esters is 3. The first-order valence-electron chi connectivity index (χ1n) is 13.2. The van der Waals surface area contributed by atoms with Gasteiger partial charge in [0.2, 0.25) is 5.54 Å². The summed E-state index contributed by atoms with van der Waals surface area (Å²) in [6.45, 7) is 0.0694. The Balaban J connectivity index is 1.55. The van der Waals surface area contributed by atoms with Gasteiger partial charge in [0.05, 0.1) is 36.5 Å². The number of ether oxygens (including phenoxy) is 3. The molecule has 0 saturated carbocycles. The largest absolute Gasteiger partial charge is 0.462 e. The number of carbonyl (C=O) groups is 3. The van der Waals surface area contributed by atoms with E-state index in [0.717, 1.165) is 0 Å². The zero-order chi connectivity index (χ0) is 28.6. The summed E-state index contributed by atoms with van der Waals surface area (Å²) in [7, 11) is 0. The molecule has 9 heteroatoms. The van der Waals surface area contributed by atoms with Crippen molar-refractivity contribution in [2.75, 3.05) is 19.8 Å². The molecule has 40 heavy (non-hydrogen) atoms. The van der Waals surface area contributed by atoms with Crippen molar-refractivity contribution in [2.45, 2.75) is 44.1 Å². The Bertz CT molecular complexity index is 1090. The van der Waals surface area contributed by atoms with Crippen molar-refractivity contribution in [1.82, 2.24) is 0 Å². The van der Waals surface area contributed by atoms with Crippen molar-refractivity contribution in [3.63, 3.8) is 0 Å². The molecule has 3 aromatic carbocycles. The number of nitro groups is 1. The average Bonchev–Trinajstić information content (AvgIpc) is 3.00. The lowest BCUT2D eigenvalue weighted by molar-refractivity contribution is -0.574. The number of carbonyl (C=O) groups excluding carboxylic acids is 3. The van der Waals surface area contributed by atoms with Gasteiger partial charge in [0, 0.05) is 24.2 Å². The third kappa shape index (κ3) is 9.34. The molecule has 0 bridgehead atoms. The smallest absolute Gasteiger partial charge is 0.338 e. The maximum atomic E-state index is 12.4. The van der Waals surface area contributed by atoms with E-state index in [1.54, 1.807) is 91.0 Å². The van der Waals surface area contributed by atoms with Crippen LogP contribution in [0.15, 0.2) is 91.0 Å². The monoisotopic (exact) mass is 547 g/mol. The van der Waals surface area contributed by atoms with Crippen LogP contribution in [-0.4, -0.2) is 48.2 Å². The normalized spacial score (nSPS) is 10.9. The topological polar surface area (TPSA) is 122 Å². The molecule has 210 valence electrons. The number of rotatable bonds is 16. The molecule has 0 radical (unpaired) electrons. The van der Waals surface area contributed by atoms with E-state index in [4.69, 9.17) is 14.2 Å². The molecule has 3 aromatic rings. The van der Waals surface area contributed by atoms with Crippen LogP contribution in [0.2, 0.25) is 0 Å². The molecule has 0 N–H and O–H groups in total. The van der Waals surface area contributed by atoms with Crippen LogP contribution in [0.5, 0.6) is 0 Å². The summed E-state index contributed by atoms with van der Waals surface area (Å²) in [6.07, 6.45) is 1.23. The maximum Gasteiger partial charge on any atom is 0.338 e. The van der Waals surface area contributed by atoms with Gasteiger partial charge >= 0.3 is 17.9 Å². The van der Waals surface area contributed by atoms with Gasteiger partial charge in [-0.1, -0.05) is 54.6 Å². The second kappa shape index (κ2) is 15.8. The first kappa shape index (κ1) is 30.0. The second-order valence-corrected chi connectivity index (χ2v) is 9.30. The zero-order valence-electron chi connectivity index (χ0n) is 22.2. The first-order chi connectivity index (χ1) is 19.4. The van der Waals surface area contributed by atoms with E-state index in [1.165, 1.54) is 0 Å². The van der Waals surface area contributed by atoms with E-state index in [0.29, 0.717) is 16.7 Å². The van der Waals surface area contributed by atoms with Gasteiger partial charge < -0.3 is 14.2 Å². The standard InChI is InChI=1S/C31H33NO8/c33-28(25-13-4-1-5-14-25)38-22-10-19-31(32(36)37,20-11-23-39-29(34)26-15-6-2-7-16-26)21-12-24-40-30(35)27-17-8-3-9-18-27/h1-9,13-18H,10-12,19-24H2. The summed E-state index contributed by atoms with van der Waals surface area (Å²) in [6, 6.07) is 25.5. The SMILES string of the molecule is O=C(OCCCC(CCCOC(=O)c1ccccc1)(CCCOC(=O)c1ccccc1)[N+](=O)[O-])c1ccccc1. The van der Waals surface area contributed by atoms with Gasteiger partial charge in [-0.25, -0.2) is 14.4 Å². The Morgan fingerprint density at radius 1 is 0.550 bits per heavy atom. The first-order valence-corrected chi connectivity index (χ1v) is 13.2. The van der Waals surface area contributed by atoms with Crippen LogP contribution < -0.4 is 0 Å². The van der Waals surface area contributed by atoms with Crippen LogP contribution >= 0.6 is 0 Å². The molecule has 0 amide bonds. The van der Waals surface area contributed by atoms with E-state index >= 15 is 0 Å². The molecular formula is C31H33NO8. The minimum Gasteiger partial charge on any atom is -0.462 e. The number of benzene rings is 3. The summed E-state index contributed by atoms with van der Waals surface area (Å²) < 4.78 is 15.9.